The standard InChI is InChI=1S/C25H18ClN3O3/c26-15-8-10-16(11-9-15)28-24(31)21-13-19-18-6-1-2-7-20(18)27-22(19)23(29(21)25(28)32)14-4-3-5-17(30)12-14/h1-12,21,23,27,30H,13H2/t21-,23+/m0/s1. The van der Waals surface area contributed by atoms with Crippen molar-refractivity contribution in [2.75, 3.05) is 4.90 Å². The fourth-order valence-electron chi connectivity index (χ4n) is 4.94. The van der Waals surface area contributed by atoms with E-state index in [1.807, 2.05) is 30.3 Å². The number of halogens is 1. The van der Waals surface area contributed by atoms with E-state index < -0.39 is 12.1 Å². The molecule has 1 saturated heterocycles. The molecule has 0 saturated carbocycles. The quantitative estimate of drug-likeness (QED) is 0.427. The number of carbonyl (C=O) groups excluding carboxylic acids is 2. The summed E-state index contributed by atoms with van der Waals surface area (Å²) in [6.07, 6.45) is 0.420. The van der Waals surface area contributed by atoms with Crippen LogP contribution in [0.3, 0.4) is 0 Å². The summed E-state index contributed by atoms with van der Waals surface area (Å²) in [5, 5.41) is 11.7. The van der Waals surface area contributed by atoms with Gasteiger partial charge < -0.3 is 10.1 Å². The lowest BCUT2D eigenvalue weighted by Gasteiger charge is -2.36. The van der Waals surface area contributed by atoms with Crippen molar-refractivity contribution in [1.29, 1.82) is 0 Å². The number of aromatic nitrogens is 1. The smallest absolute Gasteiger partial charge is 0.332 e. The van der Waals surface area contributed by atoms with Crippen molar-refractivity contribution in [3.63, 3.8) is 0 Å². The molecule has 0 aliphatic carbocycles. The Morgan fingerprint density at radius 2 is 1.75 bits per heavy atom. The number of fused-ring (bicyclic) bond motifs is 4. The summed E-state index contributed by atoms with van der Waals surface area (Å²) in [7, 11) is 0. The third-order valence-corrected chi connectivity index (χ3v) is 6.57. The third-order valence-electron chi connectivity index (χ3n) is 6.32. The van der Waals surface area contributed by atoms with E-state index in [1.165, 1.54) is 4.90 Å². The van der Waals surface area contributed by atoms with E-state index in [1.54, 1.807) is 47.4 Å². The van der Waals surface area contributed by atoms with Crippen molar-refractivity contribution >= 4 is 40.1 Å². The summed E-state index contributed by atoms with van der Waals surface area (Å²) >= 11 is 6.01. The van der Waals surface area contributed by atoms with Gasteiger partial charge >= 0.3 is 6.03 Å². The van der Waals surface area contributed by atoms with Crippen molar-refractivity contribution in [3.05, 3.63) is 94.6 Å². The Hall–Kier alpha value is -3.77. The number of aromatic hydroxyl groups is 1. The van der Waals surface area contributed by atoms with Gasteiger partial charge in [-0.1, -0.05) is 41.9 Å². The molecule has 0 bridgehead atoms. The van der Waals surface area contributed by atoms with E-state index in [2.05, 4.69) is 4.98 Å². The van der Waals surface area contributed by atoms with Crippen LogP contribution in [-0.4, -0.2) is 33.0 Å². The molecule has 158 valence electrons. The molecule has 3 heterocycles. The number of amides is 3. The van der Waals surface area contributed by atoms with Gasteiger partial charge in [0.05, 0.1) is 5.69 Å². The van der Waals surface area contributed by atoms with Gasteiger partial charge in [-0.2, -0.15) is 0 Å². The van der Waals surface area contributed by atoms with Gasteiger partial charge in [0.2, 0.25) is 0 Å². The predicted octanol–water partition coefficient (Wildman–Crippen LogP) is 5.01. The highest BCUT2D eigenvalue weighted by Crippen LogP contribution is 2.45. The number of carbonyl (C=O) groups is 2. The first-order valence-corrected chi connectivity index (χ1v) is 10.7. The molecule has 2 atom stereocenters. The Morgan fingerprint density at radius 1 is 0.969 bits per heavy atom. The molecular weight excluding hydrogens is 426 g/mol. The molecule has 0 unspecified atom stereocenters. The fraction of sp³-hybridized carbons (Fsp3) is 0.120. The van der Waals surface area contributed by atoms with E-state index in [0.717, 1.165) is 27.7 Å². The predicted molar refractivity (Wildman–Crippen MR) is 122 cm³/mol. The lowest BCUT2D eigenvalue weighted by molar-refractivity contribution is -0.120. The van der Waals surface area contributed by atoms with Crippen LogP contribution < -0.4 is 4.90 Å². The number of anilines is 1. The zero-order valence-corrected chi connectivity index (χ0v) is 17.6. The number of hydrogen-bond donors (Lipinski definition) is 2. The highest BCUT2D eigenvalue weighted by Gasteiger charge is 2.53. The summed E-state index contributed by atoms with van der Waals surface area (Å²) in [6.45, 7) is 0. The Morgan fingerprint density at radius 3 is 2.53 bits per heavy atom. The molecule has 1 aromatic heterocycles. The molecule has 3 amide bonds. The molecule has 6 rings (SSSR count). The lowest BCUT2D eigenvalue weighted by Crippen LogP contribution is -2.44. The number of urea groups is 1. The van der Waals surface area contributed by atoms with Crippen LogP contribution in [0.5, 0.6) is 5.75 Å². The minimum Gasteiger partial charge on any atom is -0.508 e. The van der Waals surface area contributed by atoms with Gasteiger partial charge in [-0.3, -0.25) is 9.69 Å². The number of phenolic OH excluding ortho intramolecular Hbond substituents is 1. The topological polar surface area (TPSA) is 76.6 Å². The van der Waals surface area contributed by atoms with Crippen molar-refractivity contribution in [2.24, 2.45) is 0 Å². The Kier molecular flexibility index (Phi) is 4.07. The molecular formula is C25H18ClN3O3. The molecule has 2 N–H and O–H groups in total. The van der Waals surface area contributed by atoms with Crippen LogP contribution in [0.15, 0.2) is 72.8 Å². The Labute approximate surface area is 188 Å². The first-order chi connectivity index (χ1) is 15.5. The first-order valence-electron chi connectivity index (χ1n) is 10.3. The molecule has 3 aromatic carbocycles. The minimum atomic E-state index is -0.641. The summed E-state index contributed by atoms with van der Waals surface area (Å²) in [5.74, 6) is -0.159. The highest BCUT2D eigenvalue weighted by atomic mass is 35.5. The first kappa shape index (κ1) is 19.0. The summed E-state index contributed by atoms with van der Waals surface area (Å²) in [4.78, 5) is 33.5. The second-order valence-electron chi connectivity index (χ2n) is 8.12. The molecule has 7 heteroatoms. The van der Waals surface area contributed by atoms with Crippen molar-refractivity contribution in [3.8, 4) is 5.75 Å². The number of aromatic amines is 1. The van der Waals surface area contributed by atoms with Crippen LogP contribution in [0.2, 0.25) is 5.02 Å². The van der Waals surface area contributed by atoms with Crippen molar-refractivity contribution in [1.82, 2.24) is 9.88 Å². The maximum Gasteiger partial charge on any atom is 0.332 e. The second-order valence-corrected chi connectivity index (χ2v) is 8.56. The average Bonchev–Trinajstić information content (AvgIpc) is 3.28. The fourth-order valence-corrected chi connectivity index (χ4v) is 5.07. The van der Waals surface area contributed by atoms with Gasteiger partial charge in [0, 0.05) is 28.0 Å². The second kappa shape index (κ2) is 6.87. The van der Waals surface area contributed by atoms with Crippen LogP contribution >= 0.6 is 11.6 Å². The van der Waals surface area contributed by atoms with Crippen LogP contribution in [-0.2, 0) is 11.2 Å². The minimum absolute atomic E-state index is 0.106. The van der Waals surface area contributed by atoms with Gasteiger partial charge in [0.1, 0.15) is 17.8 Å². The molecule has 32 heavy (non-hydrogen) atoms. The maximum absolute atomic E-state index is 13.7. The van der Waals surface area contributed by atoms with Crippen LogP contribution in [0, 0.1) is 0 Å². The summed E-state index contributed by atoms with van der Waals surface area (Å²) in [6, 6.07) is 19.9. The van der Waals surface area contributed by atoms with Crippen LogP contribution in [0.1, 0.15) is 22.9 Å². The molecule has 0 spiro atoms. The van der Waals surface area contributed by atoms with E-state index in [9.17, 15) is 14.7 Å². The number of imide groups is 1. The van der Waals surface area contributed by atoms with Crippen molar-refractivity contribution in [2.45, 2.75) is 18.5 Å². The monoisotopic (exact) mass is 443 g/mol. The normalized spacial score (nSPS) is 20.0. The van der Waals surface area contributed by atoms with Gasteiger partial charge in [-0.25, -0.2) is 9.69 Å². The third kappa shape index (κ3) is 2.66. The number of para-hydroxylation sites is 1. The zero-order chi connectivity index (χ0) is 22.0. The van der Waals surface area contributed by atoms with Gasteiger partial charge in [-0.15, -0.1) is 0 Å². The number of hydrogen-bond acceptors (Lipinski definition) is 3. The van der Waals surface area contributed by atoms with Crippen LogP contribution in [0.4, 0.5) is 10.5 Å². The van der Waals surface area contributed by atoms with E-state index in [-0.39, 0.29) is 17.7 Å². The average molecular weight is 444 g/mol. The highest BCUT2D eigenvalue weighted by molar-refractivity contribution is 6.30. The number of rotatable bonds is 2. The number of H-pyrrole nitrogens is 1. The maximum atomic E-state index is 13.7. The Bertz CT molecular complexity index is 1400. The van der Waals surface area contributed by atoms with Gasteiger partial charge in [-0.05, 0) is 53.6 Å². The van der Waals surface area contributed by atoms with E-state index >= 15 is 0 Å². The zero-order valence-electron chi connectivity index (χ0n) is 16.8. The number of benzene rings is 3. The van der Waals surface area contributed by atoms with Gasteiger partial charge in [0.25, 0.3) is 5.91 Å². The number of nitrogens with one attached hydrogen (secondary N) is 1. The largest absolute Gasteiger partial charge is 0.508 e. The molecule has 2 aliphatic heterocycles. The van der Waals surface area contributed by atoms with Crippen molar-refractivity contribution < 1.29 is 14.7 Å². The SMILES string of the molecule is O=C1[C@@H]2Cc3c([nH]c4ccccc34)[C@@H](c3cccc(O)c3)N2C(=O)N1c1ccc(Cl)cc1. The molecule has 4 aromatic rings. The Balaban J connectivity index is 1.55. The number of nitrogens with zero attached hydrogens (tertiary/aromatic N) is 2. The molecule has 6 nitrogen and oxygen atoms in total. The molecule has 2 aliphatic rings. The van der Waals surface area contributed by atoms with Crippen LogP contribution in [0.25, 0.3) is 10.9 Å². The summed E-state index contributed by atoms with van der Waals surface area (Å²) < 4.78 is 0. The van der Waals surface area contributed by atoms with E-state index in [0.29, 0.717) is 17.1 Å². The number of phenols is 1. The molecule has 1 fully saturated rings. The summed E-state index contributed by atoms with van der Waals surface area (Å²) in [5.41, 5.74) is 4.07. The molecule has 0 radical (unpaired) electrons. The van der Waals surface area contributed by atoms with E-state index in [4.69, 9.17) is 11.6 Å². The lowest BCUT2D eigenvalue weighted by atomic mass is 9.89. The van der Waals surface area contributed by atoms with Gasteiger partial charge in [0.15, 0.2) is 0 Å².